The van der Waals surface area contributed by atoms with Crippen LogP contribution in [0, 0.1) is 5.92 Å². The molecule has 2 aliphatic rings. The Balaban J connectivity index is 2.06. The third kappa shape index (κ3) is 3.21. The van der Waals surface area contributed by atoms with E-state index in [-0.39, 0.29) is 11.3 Å². The number of amides is 1. The van der Waals surface area contributed by atoms with Gasteiger partial charge in [-0.05, 0) is 25.2 Å². The summed E-state index contributed by atoms with van der Waals surface area (Å²) in [7, 11) is 1.55. The highest BCUT2D eigenvalue weighted by Gasteiger charge is 2.48. The van der Waals surface area contributed by atoms with Crippen molar-refractivity contribution in [1.82, 2.24) is 4.90 Å². The second kappa shape index (κ2) is 6.11. The molecule has 6 nitrogen and oxygen atoms in total. The molecule has 0 spiro atoms. The van der Waals surface area contributed by atoms with Crippen molar-refractivity contribution < 1.29 is 19.4 Å². The first kappa shape index (κ1) is 14.6. The van der Waals surface area contributed by atoms with E-state index in [9.17, 15) is 14.7 Å². The van der Waals surface area contributed by atoms with Gasteiger partial charge in [-0.1, -0.05) is 0 Å². The number of nitrogens with zero attached hydrogens (tertiary/aromatic N) is 1. The number of hydrogen-bond acceptors (Lipinski definition) is 5. The van der Waals surface area contributed by atoms with Crippen LogP contribution in [0.2, 0.25) is 0 Å². The lowest BCUT2D eigenvalue weighted by molar-refractivity contribution is -0.150. The lowest BCUT2D eigenvalue weighted by atomic mass is 10.1. The quantitative estimate of drug-likeness (QED) is 0.721. The molecule has 0 aromatic carbocycles. The molecule has 0 radical (unpaired) electrons. The zero-order valence-corrected chi connectivity index (χ0v) is 11.8. The van der Waals surface area contributed by atoms with Gasteiger partial charge in [0, 0.05) is 19.5 Å². The fraction of sp³-hybridized carbons (Fsp3) is 0.833. The predicted molar refractivity (Wildman–Crippen MR) is 71.7 cm³/mol. The van der Waals surface area contributed by atoms with E-state index in [2.05, 4.69) is 0 Å². The van der Waals surface area contributed by atoms with Gasteiger partial charge in [0.25, 0.3) is 0 Å². The van der Waals surface area contributed by atoms with Crippen LogP contribution in [0.5, 0.6) is 0 Å². The average molecular weight is 288 g/mol. The normalized spacial score (nSPS) is 28.4. The van der Waals surface area contributed by atoms with Crippen LogP contribution in [-0.4, -0.2) is 58.8 Å². The Kier molecular flexibility index (Phi) is 4.70. The summed E-state index contributed by atoms with van der Waals surface area (Å²) in [5, 5.41) is 9.23. The minimum atomic E-state index is -0.942. The summed E-state index contributed by atoms with van der Waals surface area (Å²) in [5.41, 5.74) is 5.85. The van der Waals surface area contributed by atoms with Crippen molar-refractivity contribution in [1.29, 1.82) is 0 Å². The van der Waals surface area contributed by atoms with Crippen molar-refractivity contribution in [3.05, 3.63) is 0 Å². The SMILES string of the molecule is COCCC(N)C(=O)N1C(C(=O)O)CSC1C1CC1. The average Bonchev–Trinajstić information content (AvgIpc) is 3.13. The smallest absolute Gasteiger partial charge is 0.327 e. The van der Waals surface area contributed by atoms with E-state index >= 15 is 0 Å². The summed E-state index contributed by atoms with van der Waals surface area (Å²) in [5.74, 6) is -0.304. The van der Waals surface area contributed by atoms with Gasteiger partial charge in [0.05, 0.1) is 11.4 Å². The third-order valence-corrected chi connectivity index (χ3v) is 5.01. The van der Waals surface area contributed by atoms with Gasteiger partial charge in [0.2, 0.25) is 5.91 Å². The Morgan fingerprint density at radius 1 is 1.53 bits per heavy atom. The summed E-state index contributed by atoms with van der Waals surface area (Å²) in [4.78, 5) is 25.2. The standard InChI is InChI=1S/C12H20N2O4S/c1-18-5-4-8(13)10(15)14-9(12(16)17)6-19-11(14)7-2-3-7/h7-9,11H,2-6,13H2,1H3,(H,16,17). The van der Waals surface area contributed by atoms with Gasteiger partial charge < -0.3 is 20.5 Å². The number of ether oxygens (including phenoxy) is 1. The molecular formula is C12H20N2O4S. The minimum Gasteiger partial charge on any atom is -0.480 e. The van der Waals surface area contributed by atoms with E-state index in [0.717, 1.165) is 12.8 Å². The summed E-state index contributed by atoms with van der Waals surface area (Å²) < 4.78 is 4.91. The van der Waals surface area contributed by atoms with Crippen molar-refractivity contribution in [2.75, 3.05) is 19.5 Å². The molecule has 0 aromatic rings. The Bertz CT molecular complexity index is 362. The molecule has 7 heteroatoms. The molecule has 1 amide bonds. The van der Waals surface area contributed by atoms with Crippen molar-refractivity contribution >= 4 is 23.6 Å². The second-order valence-electron chi connectivity index (χ2n) is 5.05. The highest BCUT2D eigenvalue weighted by molar-refractivity contribution is 8.00. The molecule has 3 atom stereocenters. The highest BCUT2D eigenvalue weighted by Crippen LogP contribution is 2.45. The van der Waals surface area contributed by atoms with Crippen molar-refractivity contribution in [3.63, 3.8) is 0 Å². The van der Waals surface area contributed by atoms with Crippen LogP contribution < -0.4 is 5.73 Å². The first-order valence-corrected chi connectivity index (χ1v) is 7.52. The van der Waals surface area contributed by atoms with Crippen molar-refractivity contribution in [2.45, 2.75) is 36.7 Å². The maximum Gasteiger partial charge on any atom is 0.327 e. The maximum absolute atomic E-state index is 12.4. The number of aliphatic carboxylic acids is 1. The van der Waals surface area contributed by atoms with Crippen LogP contribution in [-0.2, 0) is 14.3 Å². The number of carboxylic acids is 1. The van der Waals surface area contributed by atoms with Gasteiger partial charge in [-0.25, -0.2) is 4.79 Å². The second-order valence-corrected chi connectivity index (χ2v) is 6.20. The number of carboxylic acid groups (broad SMARTS) is 1. The Morgan fingerprint density at radius 3 is 2.74 bits per heavy atom. The minimum absolute atomic E-state index is 0.0119. The molecule has 3 unspecified atom stereocenters. The Hall–Kier alpha value is -0.790. The van der Waals surface area contributed by atoms with Crippen LogP contribution in [0.4, 0.5) is 0 Å². The number of hydrogen-bond donors (Lipinski definition) is 2. The molecule has 1 heterocycles. The molecule has 2 rings (SSSR count). The number of rotatable bonds is 6. The number of thioether (sulfide) groups is 1. The predicted octanol–water partition coefficient (Wildman–Crippen LogP) is 0.115. The number of nitrogens with two attached hydrogens (primary N) is 1. The molecule has 19 heavy (non-hydrogen) atoms. The van der Waals surface area contributed by atoms with E-state index in [1.165, 1.54) is 4.90 Å². The van der Waals surface area contributed by atoms with Gasteiger partial charge in [-0.2, -0.15) is 0 Å². The Labute approximate surface area is 116 Å². The molecule has 3 N–H and O–H groups in total. The Morgan fingerprint density at radius 2 is 2.21 bits per heavy atom. The first-order chi connectivity index (χ1) is 9.06. The summed E-state index contributed by atoms with van der Waals surface area (Å²) >= 11 is 1.56. The molecule has 2 fully saturated rings. The van der Waals surface area contributed by atoms with E-state index in [0.29, 0.717) is 24.7 Å². The maximum atomic E-state index is 12.4. The molecule has 0 aromatic heterocycles. The van der Waals surface area contributed by atoms with Gasteiger partial charge in [0.15, 0.2) is 0 Å². The molecule has 1 saturated carbocycles. The number of carbonyl (C=O) groups excluding carboxylic acids is 1. The fourth-order valence-electron chi connectivity index (χ4n) is 2.30. The monoisotopic (exact) mass is 288 g/mol. The molecule has 0 bridgehead atoms. The van der Waals surface area contributed by atoms with Gasteiger partial charge in [-0.15, -0.1) is 11.8 Å². The van der Waals surface area contributed by atoms with E-state index in [1.54, 1.807) is 18.9 Å². The van der Waals surface area contributed by atoms with Crippen LogP contribution in [0.15, 0.2) is 0 Å². The molecular weight excluding hydrogens is 268 g/mol. The topological polar surface area (TPSA) is 92.9 Å². The number of carbonyl (C=O) groups is 2. The third-order valence-electron chi connectivity index (χ3n) is 3.55. The summed E-state index contributed by atoms with van der Waals surface area (Å²) in [6.07, 6.45) is 2.56. The lowest BCUT2D eigenvalue weighted by Crippen LogP contribution is -2.52. The van der Waals surface area contributed by atoms with Crippen LogP contribution in [0.3, 0.4) is 0 Å². The van der Waals surface area contributed by atoms with Crippen LogP contribution in [0.1, 0.15) is 19.3 Å². The number of methoxy groups -OCH3 is 1. The van der Waals surface area contributed by atoms with Gasteiger partial charge in [-0.3, -0.25) is 4.79 Å². The molecule has 1 aliphatic heterocycles. The van der Waals surface area contributed by atoms with Crippen LogP contribution in [0.25, 0.3) is 0 Å². The fourth-order valence-corrected chi connectivity index (χ4v) is 3.94. The summed E-state index contributed by atoms with van der Waals surface area (Å²) in [6.45, 7) is 0.403. The van der Waals surface area contributed by atoms with E-state index in [1.807, 2.05) is 0 Å². The lowest BCUT2D eigenvalue weighted by Gasteiger charge is -2.29. The summed E-state index contributed by atoms with van der Waals surface area (Å²) in [6, 6.07) is -1.42. The van der Waals surface area contributed by atoms with Crippen molar-refractivity contribution in [3.8, 4) is 0 Å². The highest BCUT2D eigenvalue weighted by atomic mass is 32.2. The zero-order valence-electron chi connectivity index (χ0n) is 10.9. The largest absolute Gasteiger partial charge is 0.480 e. The molecule has 1 aliphatic carbocycles. The van der Waals surface area contributed by atoms with Crippen LogP contribution >= 0.6 is 11.8 Å². The zero-order chi connectivity index (χ0) is 14.0. The van der Waals surface area contributed by atoms with Gasteiger partial charge >= 0.3 is 5.97 Å². The molecule has 1 saturated heterocycles. The van der Waals surface area contributed by atoms with E-state index in [4.69, 9.17) is 10.5 Å². The molecule has 108 valence electrons. The van der Waals surface area contributed by atoms with Gasteiger partial charge in [0.1, 0.15) is 6.04 Å². The van der Waals surface area contributed by atoms with E-state index < -0.39 is 18.1 Å². The first-order valence-electron chi connectivity index (χ1n) is 6.47. The van der Waals surface area contributed by atoms with Crippen molar-refractivity contribution in [2.24, 2.45) is 11.7 Å².